The van der Waals surface area contributed by atoms with Crippen molar-refractivity contribution in [2.75, 3.05) is 31.7 Å². The number of ether oxygens (including phenoxy) is 3. The number of benzene rings is 1. The number of urea groups is 1. The maximum Gasteiger partial charge on any atom is 0.573 e. The van der Waals surface area contributed by atoms with Gasteiger partial charge in [0.1, 0.15) is 0 Å². The lowest BCUT2D eigenvalue weighted by molar-refractivity contribution is -0.274. The molecule has 2 N–H and O–H groups in total. The number of halogens is 3. The highest BCUT2D eigenvalue weighted by Gasteiger charge is 2.32. The van der Waals surface area contributed by atoms with Crippen molar-refractivity contribution in [3.63, 3.8) is 0 Å². The van der Waals surface area contributed by atoms with E-state index in [2.05, 4.69) is 15.4 Å². The standard InChI is InChI=1S/C13H15F3N2O4/c14-13(15,16)22-11-4-2-1-3-10(11)18-12(19)17-7-9-8-20-5-6-21-9/h1-4,9H,5-8H2,(H2,17,18,19)/t9-/m1/s1. The van der Waals surface area contributed by atoms with Gasteiger partial charge in [0.05, 0.1) is 31.6 Å². The second-order valence-electron chi connectivity index (χ2n) is 4.45. The van der Waals surface area contributed by atoms with Crippen LogP contribution in [0.5, 0.6) is 5.75 Å². The highest BCUT2D eigenvalue weighted by Crippen LogP contribution is 2.29. The molecule has 1 aliphatic rings. The molecule has 22 heavy (non-hydrogen) atoms. The summed E-state index contributed by atoms with van der Waals surface area (Å²) in [6.07, 6.45) is -5.11. The van der Waals surface area contributed by atoms with Crippen LogP contribution in [0.25, 0.3) is 0 Å². The molecule has 1 saturated heterocycles. The fraction of sp³-hybridized carbons (Fsp3) is 0.462. The Hall–Kier alpha value is -2.00. The Balaban J connectivity index is 1.88. The van der Waals surface area contributed by atoms with Gasteiger partial charge in [0, 0.05) is 6.54 Å². The van der Waals surface area contributed by atoms with Crippen LogP contribution < -0.4 is 15.4 Å². The number of anilines is 1. The lowest BCUT2D eigenvalue weighted by Crippen LogP contribution is -2.41. The van der Waals surface area contributed by atoms with Crippen molar-refractivity contribution in [3.8, 4) is 5.75 Å². The molecule has 0 bridgehead atoms. The summed E-state index contributed by atoms with van der Waals surface area (Å²) < 4.78 is 51.1. The van der Waals surface area contributed by atoms with Crippen molar-refractivity contribution in [1.29, 1.82) is 0 Å². The molecule has 2 rings (SSSR count). The number of hydrogen-bond acceptors (Lipinski definition) is 4. The Morgan fingerprint density at radius 1 is 1.32 bits per heavy atom. The van der Waals surface area contributed by atoms with Gasteiger partial charge in [0.15, 0.2) is 5.75 Å². The fourth-order valence-electron chi connectivity index (χ4n) is 1.81. The molecule has 0 aliphatic carbocycles. The minimum absolute atomic E-state index is 0.0851. The van der Waals surface area contributed by atoms with Crippen molar-refractivity contribution in [3.05, 3.63) is 24.3 Å². The lowest BCUT2D eigenvalue weighted by atomic mass is 10.3. The van der Waals surface area contributed by atoms with Gasteiger partial charge < -0.3 is 24.8 Å². The first-order valence-electron chi connectivity index (χ1n) is 6.53. The summed E-state index contributed by atoms with van der Waals surface area (Å²) in [4.78, 5) is 11.7. The quantitative estimate of drug-likeness (QED) is 0.892. The molecule has 122 valence electrons. The highest BCUT2D eigenvalue weighted by atomic mass is 19.4. The zero-order valence-electron chi connectivity index (χ0n) is 11.5. The number of nitrogens with one attached hydrogen (secondary N) is 2. The predicted octanol–water partition coefficient (Wildman–Crippen LogP) is 2.12. The number of amides is 2. The van der Waals surface area contributed by atoms with Crippen LogP contribution in [-0.2, 0) is 9.47 Å². The summed E-state index contributed by atoms with van der Waals surface area (Å²) in [5.41, 5.74) is -0.0851. The van der Waals surface area contributed by atoms with E-state index in [4.69, 9.17) is 9.47 Å². The van der Waals surface area contributed by atoms with E-state index in [1.54, 1.807) is 0 Å². The molecule has 9 heteroatoms. The molecule has 0 radical (unpaired) electrons. The lowest BCUT2D eigenvalue weighted by Gasteiger charge is -2.23. The number of carbonyl (C=O) groups is 1. The number of alkyl halides is 3. The third-order valence-electron chi connectivity index (χ3n) is 2.74. The van der Waals surface area contributed by atoms with Gasteiger partial charge in [-0.05, 0) is 12.1 Å². The summed E-state index contributed by atoms with van der Waals surface area (Å²) in [5.74, 6) is -0.484. The zero-order chi connectivity index (χ0) is 16.0. The van der Waals surface area contributed by atoms with Crippen molar-refractivity contribution < 1.29 is 32.2 Å². The molecule has 1 fully saturated rings. The van der Waals surface area contributed by atoms with Gasteiger partial charge in [-0.2, -0.15) is 0 Å². The van der Waals surface area contributed by atoms with Gasteiger partial charge >= 0.3 is 12.4 Å². The number of carbonyl (C=O) groups excluding carboxylic acids is 1. The van der Waals surface area contributed by atoms with E-state index in [0.29, 0.717) is 19.8 Å². The third-order valence-corrected chi connectivity index (χ3v) is 2.74. The van der Waals surface area contributed by atoms with Crippen LogP contribution in [0.1, 0.15) is 0 Å². The van der Waals surface area contributed by atoms with Crippen LogP contribution in [-0.4, -0.2) is 44.9 Å². The number of para-hydroxylation sites is 2. The Kier molecular flexibility index (Phi) is 5.45. The van der Waals surface area contributed by atoms with Gasteiger partial charge in [-0.3, -0.25) is 0 Å². The van der Waals surface area contributed by atoms with Crippen LogP contribution in [0.4, 0.5) is 23.7 Å². The minimum atomic E-state index is -4.83. The topological polar surface area (TPSA) is 68.8 Å². The van der Waals surface area contributed by atoms with Gasteiger partial charge in [-0.1, -0.05) is 12.1 Å². The van der Waals surface area contributed by atoms with Gasteiger partial charge in [-0.15, -0.1) is 13.2 Å². The summed E-state index contributed by atoms with van der Waals surface area (Å²) in [6, 6.07) is 4.61. The molecule has 2 amide bonds. The van der Waals surface area contributed by atoms with E-state index < -0.39 is 18.1 Å². The summed E-state index contributed by atoms with van der Waals surface area (Å²) in [7, 11) is 0. The molecule has 6 nitrogen and oxygen atoms in total. The van der Waals surface area contributed by atoms with Crippen molar-refractivity contribution in [2.45, 2.75) is 12.5 Å². The fourth-order valence-corrected chi connectivity index (χ4v) is 1.81. The first-order chi connectivity index (χ1) is 10.4. The zero-order valence-corrected chi connectivity index (χ0v) is 11.5. The molecule has 0 saturated carbocycles. The maximum atomic E-state index is 12.3. The Bertz CT molecular complexity index is 504. The Morgan fingerprint density at radius 3 is 2.77 bits per heavy atom. The predicted molar refractivity (Wildman–Crippen MR) is 70.7 cm³/mol. The van der Waals surface area contributed by atoms with Gasteiger partial charge in [0.25, 0.3) is 0 Å². The second-order valence-corrected chi connectivity index (χ2v) is 4.45. The normalized spacial score (nSPS) is 18.6. The molecular weight excluding hydrogens is 305 g/mol. The average Bonchev–Trinajstić information content (AvgIpc) is 2.47. The van der Waals surface area contributed by atoms with Gasteiger partial charge in [-0.25, -0.2) is 4.79 Å². The Morgan fingerprint density at radius 2 is 2.09 bits per heavy atom. The SMILES string of the molecule is O=C(NC[C@@H]1COCCO1)Nc1ccccc1OC(F)(F)F. The maximum absolute atomic E-state index is 12.3. The van der Waals surface area contributed by atoms with E-state index in [0.717, 1.165) is 6.07 Å². The molecule has 0 spiro atoms. The summed E-state index contributed by atoms with van der Waals surface area (Å²) in [6.45, 7) is 1.49. The van der Waals surface area contributed by atoms with Crippen LogP contribution in [0.15, 0.2) is 24.3 Å². The van der Waals surface area contributed by atoms with E-state index in [9.17, 15) is 18.0 Å². The second kappa shape index (κ2) is 7.32. The van der Waals surface area contributed by atoms with Crippen molar-refractivity contribution in [1.82, 2.24) is 5.32 Å². The van der Waals surface area contributed by atoms with E-state index in [1.807, 2.05) is 0 Å². The minimum Gasteiger partial charge on any atom is -0.404 e. The highest BCUT2D eigenvalue weighted by molar-refractivity contribution is 5.90. The molecule has 1 aromatic rings. The van der Waals surface area contributed by atoms with Crippen LogP contribution >= 0.6 is 0 Å². The third kappa shape index (κ3) is 5.41. The van der Waals surface area contributed by atoms with E-state index >= 15 is 0 Å². The van der Waals surface area contributed by atoms with Crippen LogP contribution in [0, 0.1) is 0 Å². The number of hydrogen-bond donors (Lipinski definition) is 2. The van der Waals surface area contributed by atoms with E-state index in [-0.39, 0.29) is 18.3 Å². The average molecular weight is 320 g/mol. The van der Waals surface area contributed by atoms with E-state index in [1.165, 1.54) is 18.2 Å². The summed E-state index contributed by atoms with van der Waals surface area (Å²) in [5, 5.41) is 4.80. The van der Waals surface area contributed by atoms with Crippen molar-refractivity contribution in [2.24, 2.45) is 0 Å². The first-order valence-corrected chi connectivity index (χ1v) is 6.53. The molecule has 0 aromatic heterocycles. The molecule has 1 aliphatic heterocycles. The molecule has 1 atom stereocenters. The molecular formula is C13H15F3N2O4. The molecule has 1 aromatic carbocycles. The monoisotopic (exact) mass is 320 g/mol. The first kappa shape index (κ1) is 16.4. The van der Waals surface area contributed by atoms with Crippen LogP contribution in [0.3, 0.4) is 0 Å². The van der Waals surface area contributed by atoms with Crippen molar-refractivity contribution >= 4 is 11.7 Å². The smallest absolute Gasteiger partial charge is 0.404 e. The Labute approximate surface area is 124 Å². The largest absolute Gasteiger partial charge is 0.573 e. The van der Waals surface area contributed by atoms with Crippen LogP contribution in [0.2, 0.25) is 0 Å². The molecule has 0 unspecified atom stereocenters. The van der Waals surface area contributed by atoms with Gasteiger partial charge in [0.2, 0.25) is 0 Å². The number of rotatable bonds is 4. The summed E-state index contributed by atoms with van der Waals surface area (Å²) >= 11 is 0. The molecule has 1 heterocycles.